The number of para-hydroxylation sites is 2. The number of rotatable bonds is 4. The zero-order valence-corrected chi connectivity index (χ0v) is 13.7. The van der Waals surface area contributed by atoms with Crippen molar-refractivity contribution in [3.05, 3.63) is 45.8 Å². The predicted octanol–water partition coefficient (Wildman–Crippen LogP) is 2.39. The highest BCUT2D eigenvalue weighted by Crippen LogP contribution is 2.36. The first kappa shape index (κ1) is 16.0. The Balaban J connectivity index is 1.95. The highest BCUT2D eigenvalue weighted by molar-refractivity contribution is 5.99. The number of hydrogen-bond donors (Lipinski definition) is 0. The summed E-state index contributed by atoms with van der Waals surface area (Å²) in [5, 5.41) is 15.4. The molecule has 1 aliphatic heterocycles. The lowest BCUT2D eigenvalue weighted by atomic mass is 10.2. The van der Waals surface area contributed by atoms with Crippen LogP contribution in [0.5, 0.6) is 5.75 Å². The number of amides is 1. The molecule has 1 atom stereocenters. The fourth-order valence-corrected chi connectivity index (χ4v) is 3.21. The van der Waals surface area contributed by atoms with Gasteiger partial charge in [0.2, 0.25) is 0 Å². The fraction of sp³-hybridized carbons (Fsp3) is 0.375. The summed E-state index contributed by atoms with van der Waals surface area (Å²) in [5.74, 6) is 0.478. The second-order valence-corrected chi connectivity index (χ2v) is 5.69. The Morgan fingerprint density at radius 2 is 2.04 bits per heavy atom. The summed E-state index contributed by atoms with van der Waals surface area (Å²) in [7, 11) is 1.56. The number of aryl methyl sites for hydroxylation is 1. The van der Waals surface area contributed by atoms with E-state index in [9.17, 15) is 14.9 Å². The van der Waals surface area contributed by atoms with Crippen molar-refractivity contribution in [1.29, 1.82) is 0 Å². The van der Waals surface area contributed by atoms with E-state index in [1.807, 2.05) is 18.2 Å². The maximum absolute atomic E-state index is 12.9. The van der Waals surface area contributed by atoms with Gasteiger partial charge in [0.25, 0.3) is 5.91 Å². The molecule has 3 rings (SSSR count). The Bertz CT molecular complexity index is 814. The van der Waals surface area contributed by atoms with E-state index in [1.165, 1.54) is 4.68 Å². The number of benzene rings is 1. The van der Waals surface area contributed by atoms with Crippen LogP contribution in [0.4, 0.5) is 11.4 Å². The highest BCUT2D eigenvalue weighted by Gasteiger charge is 2.38. The molecule has 8 heteroatoms. The summed E-state index contributed by atoms with van der Waals surface area (Å²) in [5.41, 5.74) is 1.39. The van der Waals surface area contributed by atoms with Crippen LogP contribution < -0.4 is 9.64 Å². The first-order chi connectivity index (χ1) is 11.5. The summed E-state index contributed by atoms with van der Waals surface area (Å²) in [6.45, 7) is 3.71. The van der Waals surface area contributed by atoms with E-state index >= 15 is 0 Å². The monoisotopic (exact) mass is 330 g/mol. The van der Waals surface area contributed by atoms with Gasteiger partial charge in [-0.1, -0.05) is 12.1 Å². The number of carbonyl (C=O) groups is 1. The van der Waals surface area contributed by atoms with Crippen LogP contribution in [-0.2, 0) is 4.79 Å². The third-order valence-corrected chi connectivity index (χ3v) is 4.32. The van der Waals surface area contributed by atoms with Crippen LogP contribution >= 0.6 is 0 Å². The van der Waals surface area contributed by atoms with E-state index in [1.54, 1.807) is 31.9 Å². The molecular formula is C16H18N4O4. The summed E-state index contributed by atoms with van der Waals surface area (Å²) in [4.78, 5) is 25.2. The van der Waals surface area contributed by atoms with Crippen molar-refractivity contribution in [2.45, 2.75) is 26.3 Å². The lowest BCUT2D eigenvalue weighted by molar-refractivity contribution is -0.386. The Morgan fingerprint density at radius 1 is 1.33 bits per heavy atom. The first-order valence-corrected chi connectivity index (χ1v) is 7.60. The van der Waals surface area contributed by atoms with Crippen molar-refractivity contribution >= 4 is 17.3 Å². The van der Waals surface area contributed by atoms with Crippen molar-refractivity contribution in [1.82, 2.24) is 9.78 Å². The van der Waals surface area contributed by atoms with Gasteiger partial charge < -0.3 is 9.64 Å². The zero-order chi connectivity index (χ0) is 17.4. The molecule has 24 heavy (non-hydrogen) atoms. The summed E-state index contributed by atoms with van der Waals surface area (Å²) < 4.78 is 6.80. The first-order valence-electron chi connectivity index (χ1n) is 7.60. The summed E-state index contributed by atoms with van der Waals surface area (Å²) >= 11 is 0. The minimum atomic E-state index is -0.540. The van der Waals surface area contributed by atoms with Gasteiger partial charge in [-0.2, -0.15) is 5.10 Å². The molecule has 1 aromatic carbocycles. The fourth-order valence-electron chi connectivity index (χ4n) is 3.21. The van der Waals surface area contributed by atoms with Gasteiger partial charge in [-0.05, 0) is 32.4 Å². The quantitative estimate of drug-likeness (QED) is 0.634. The minimum absolute atomic E-state index is 0.0291. The highest BCUT2D eigenvalue weighted by atomic mass is 16.6. The molecule has 8 nitrogen and oxygen atoms in total. The molecule has 1 aliphatic rings. The average molecular weight is 330 g/mol. The van der Waals surface area contributed by atoms with Crippen LogP contribution in [0, 0.1) is 24.0 Å². The van der Waals surface area contributed by atoms with Crippen LogP contribution in [-0.4, -0.2) is 34.3 Å². The molecule has 0 radical (unpaired) electrons. The number of hydrogen-bond acceptors (Lipinski definition) is 5. The van der Waals surface area contributed by atoms with Gasteiger partial charge >= 0.3 is 5.69 Å². The molecule has 1 fully saturated rings. The van der Waals surface area contributed by atoms with Gasteiger partial charge in [0.15, 0.2) is 0 Å². The van der Waals surface area contributed by atoms with Crippen LogP contribution in [0.2, 0.25) is 0 Å². The summed E-state index contributed by atoms with van der Waals surface area (Å²) in [6, 6.07) is 6.76. The maximum atomic E-state index is 12.9. The maximum Gasteiger partial charge on any atom is 0.312 e. The Labute approximate surface area is 138 Å². The Hall–Kier alpha value is -2.90. The lowest BCUT2D eigenvalue weighted by Gasteiger charge is -2.19. The average Bonchev–Trinajstić information content (AvgIpc) is 3.06. The largest absolute Gasteiger partial charge is 0.495 e. The third kappa shape index (κ3) is 2.40. The smallest absolute Gasteiger partial charge is 0.312 e. The second-order valence-electron chi connectivity index (χ2n) is 5.69. The van der Waals surface area contributed by atoms with Gasteiger partial charge in [0, 0.05) is 6.54 Å². The zero-order valence-electron chi connectivity index (χ0n) is 13.7. The van der Waals surface area contributed by atoms with Crippen molar-refractivity contribution in [2.75, 3.05) is 18.6 Å². The molecule has 126 valence electrons. The molecule has 0 spiro atoms. The molecule has 0 bridgehead atoms. The minimum Gasteiger partial charge on any atom is -0.495 e. The molecule has 1 aromatic heterocycles. The van der Waals surface area contributed by atoms with Gasteiger partial charge in [0.1, 0.15) is 23.2 Å². The number of aromatic nitrogens is 2. The third-order valence-electron chi connectivity index (χ3n) is 4.32. The van der Waals surface area contributed by atoms with Crippen LogP contribution in [0.1, 0.15) is 23.9 Å². The molecular weight excluding hydrogens is 312 g/mol. The van der Waals surface area contributed by atoms with Crippen LogP contribution in [0.25, 0.3) is 0 Å². The van der Waals surface area contributed by atoms with Crippen molar-refractivity contribution in [2.24, 2.45) is 0 Å². The molecule has 0 saturated carbocycles. The topological polar surface area (TPSA) is 90.5 Å². The summed E-state index contributed by atoms with van der Waals surface area (Å²) in [6.07, 6.45) is 0.538. The van der Waals surface area contributed by atoms with E-state index in [0.29, 0.717) is 35.8 Å². The Kier molecular flexibility index (Phi) is 3.96. The second kappa shape index (κ2) is 5.95. The van der Waals surface area contributed by atoms with Crippen molar-refractivity contribution in [3.8, 4) is 5.75 Å². The molecule has 1 saturated heterocycles. The molecule has 0 N–H and O–H groups in total. The van der Waals surface area contributed by atoms with Crippen molar-refractivity contribution in [3.63, 3.8) is 0 Å². The predicted molar refractivity (Wildman–Crippen MR) is 87.4 cm³/mol. The number of anilines is 1. The van der Waals surface area contributed by atoms with E-state index in [0.717, 1.165) is 0 Å². The van der Waals surface area contributed by atoms with E-state index in [-0.39, 0.29) is 11.6 Å². The number of ether oxygens (including phenoxy) is 1. The molecule has 2 heterocycles. The van der Waals surface area contributed by atoms with Crippen LogP contribution in [0.3, 0.4) is 0 Å². The van der Waals surface area contributed by atoms with Crippen molar-refractivity contribution < 1.29 is 14.5 Å². The normalized spacial score (nSPS) is 17.4. The number of nitro groups is 1. The van der Waals surface area contributed by atoms with E-state index < -0.39 is 11.0 Å². The van der Waals surface area contributed by atoms with Crippen LogP contribution in [0.15, 0.2) is 24.3 Å². The standard InChI is InChI=1S/C16H18N4O4/c1-10-15(20(22)23)11(2)19(17-10)13-8-9-18(16(13)21)12-6-4-5-7-14(12)24-3/h4-7,13H,8-9H2,1-3H3. The molecule has 1 unspecified atom stereocenters. The van der Waals surface area contributed by atoms with Gasteiger partial charge in [-0.3, -0.25) is 14.9 Å². The Morgan fingerprint density at radius 3 is 2.67 bits per heavy atom. The molecule has 1 amide bonds. The van der Waals surface area contributed by atoms with E-state index in [2.05, 4.69) is 5.10 Å². The van der Waals surface area contributed by atoms with Gasteiger partial charge in [0.05, 0.1) is 17.7 Å². The SMILES string of the molecule is COc1ccccc1N1CCC(n2nc(C)c([N+](=O)[O-])c2C)C1=O. The number of nitrogens with zero attached hydrogens (tertiary/aromatic N) is 4. The number of methoxy groups -OCH3 is 1. The van der Waals surface area contributed by atoms with Gasteiger partial charge in [-0.15, -0.1) is 0 Å². The van der Waals surface area contributed by atoms with E-state index in [4.69, 9.17) is 4.74 Å². The molecule has 2 aromatic rings. The number of carbonyl (C=O) groups excluding carboxylic acids is 1. The lowest BCUT2D eigenvalue weighted by Crippen LogP contribution is -2.29. The van der Waals surface area contributed by atoms with Gasteiger partial charge in [-0.25, -0.2) is 4.68 Å². The molecule has 0 aliphatic carbocycles.